The summed E-state index contributed by atoms with van der Waals surface area (Å²) in [6, 6.07) is 10.2. The molecule has 3 rings (SSSR count). The van der Waals surface area contributed by atoms with Gasteiger partial charge in [0.15, 0.2) is 0 Å². The predicted octanol–water partition coefficient (Wildman–Crippen LogP) is 3.54. The molecular weight excluding hydrogens is 278 g/mol. The van der Waals surface area contributed by atoms with E-state index in [1.807, 2.05) is 29.1 Å². The van der Waals surface area contributed by atoms with Crippen LogP contribution in [0.2, 0.25) is 5.02 Å². The summed E-state index contributed by atoms with van der Waals surface area (Å²) in [5.41, 5.74) is 0. The number of nitrogens with one attached hydrogen (secondary N) is 1. The minimum atomic E-state index is 0.805. The molecule has 0 saturated carbocycles. The summed E-state index contributed by atoms with van der Waals surface area (Å²) in [5.74, 6) is 0. The average Bonchev–Trinajstić information content (AvgIpc) is 3.04. The van der Waals surface area contributed by atoms with Gasteiger partial charge in [0.05, 0.1) is 11.6 Å². The molecule has 2 aromatic heterocycles. The quantitative estimate of drug-likeness (QED) is 0.729. The van der Waals surface area contributed by atoms with E-state index in [1.165, 1.54) is 9.58 Å². The van der Waals surface area contributed by atoms with Crippen LogP contribution in [-0.2, 0) is 13.1 Å². The Kier molecular flexibility index (Phi) is 3.82. The Bertz CT molecular complexity index is 660. The van der Waals surface area contributed by atoms with Crippen molar-refractivity contribution in [1.29, 1.82) is 0 Å². The molecule has 3 aromatic rings. The summed E-state index contributed by atoms with van der Waals surface area (Å²) in [6.45, 7) is 2.56. The van der Waals surface area contributed by atoms with Crippen molar-refractivity contribution in [2.75, 3.05) is 6.54 Å². The van der Waals surface area contributed by atoms with Crippen molar-refractivity contribution < 1.29 is 0 Å². The van der Waals surface area contributed by atoms with E-state index in [-0.39, 0.29) is 0 Å². The molecule has 0 amide bonds. The molecule has 0 aliphatic heterocycles. The summed E-state index contributed by atoms with van der Waals surface area (Å²) in [7, 11) is 0. The van der Waals surface area contributed by atoms with Crippen molar-refractivity contribution in [1.82, 2.24) is 15.1 Å². The number of hydrogen-bond acceptors (Lipinski definition) is 3. The Morgan fingerprint density at radius 3 is 2.95 bits per heavy atom. The molecule has 0 atom stereocenters. The highest BCUT2D eigenvalue weighted by molar-refractivity contribution is 7.19. The Morgan fingerprint density at radius 1 is 1.26 bits per heavy atom. The number of benzene rings is 1. The van der Waals surface area contributed by atoms with Crippen molar-refractivity contribution >= 4 is 33.0 Å². The first-order valence-electron chi connectivity index (χ1n) is 6.18. The summed E-state index contributed by atoms with van der Waals surface area (Å²) >= 11 is 8.14. The molecule has 1 aromatic carbocycles. The van der Waals surface area contributed by atoms with Crippen LogP contribution in [0.1, 0.15) is 4.88 Å². The highest BCUT2D eigenvalue weighted by Crippen LogP contribution is 2.34. The van der Waals surface area contributed by atoms with Crippen molar-refractivity contribution in [3.8, 4) is 0 Å². The Hall–Kier alpha value is -1.36. The van der Waals surface area contributed by atoms with Crippen LogP contribution in [-0.4, -0.2) is 16.3 Å². The highest BCUT2D eigenvalue weighted by atomic mass is 35.5. The van der Waals surface area contributed by atoms with Crippen LogP contribution >= 0.6 is 22.9 Å². The minimum absolute atomic E-state index is 0.805. The van der Waals surface area contributed by atoms with E-state index in [9.17, 15) is 0 Å². The van der Waals surface area contributed by atoms with Gasteiger partial charge in [0, 0.05) is 40.4 Å². The molecule has 3 nitrogen and oxygen atoms in total. The Balaban J connectivity index is 1.61. The molecule has 19 heavy (non-hydrogen) atoms. The van der Waals surface area contributed by atoms with Gasteiger partial charge in [-0.1, -0.05) is 29.8 Å². The van der Waals surface area contributed by atoms with Gasteiger partial charge in [0.2, 0.25) is 0 Å². The second kappa shape index (κ2) is 5.74. The first kappa shape index (κ1) is 12.7. The van der Waals surface area contributed by atoms with Crippen molar-refractivity contribution in [2.24, 2.45) is 0 Å². The summed E-state index contributed by atoms with van der Waals surface area (Å²) in [5, 5.41) is 9.61. The second-order valence-corrected chi connectivity index (χ2v) is 5.80. The van der Waals surface area contributed by atoms with E-state index in [4.69, 9.17) is 11.6 Å². The van der Waals surface area contributed by atoms with Gasteiger partial charge in [-0.05, 0) is 12.1 Å². The van der Waals surface area contributed by atoms with Gasteiger partial charge in [0.1, 0.15) is 0 Å². The van der Waals surface area contributed by atoms with Crippen LogP contribution in [0.4, 0.5) is 0 Å². The molecule has 0 aliphatic carbocycles. The molecule has 0 unspecified atom stereocenters. The largest absolute Gasteiger partial charge is 0.310 e. The molecule has 1 N–H and O–H groups in total. The lowest BCUT2D eigenvalue weighted by molar-refractivity contribution is 0.557. The maximum Gasteiger partial charge on any atom is 0.0636 e. The van der Waals surface area contributed by atoms with Crippen LogP contribution in [0.3, 0.4) is 0 Å². The molecular formula is C14H14ClN3S. The third kappa shape index (κ3) is 2.81. The van der Waals surface area contributed by atoms with Gasteiger partial charge in [-0.25, -0.2) is 0 Å². The molecule has 0 fully saturated rings. The number of fused-ring (bicyclic) bond motifs is 1. The van der Waals surface area contributed by atoms with Gasteiger partial charge >= 0.3 is 0 Å². The lowest BCUT2D eigenvalue weighted by Gasteiger charge is -2.03. The molecule has 0 radical (unpaired) electrons. The fourth-order valence-corrected chi connectivity index (χ4v) is 3.48. The van der Waals surface area contributed by atoms with Crippen LogP contribution in [0.15, 0.2) is 42.7 Å². The molecule has 0 aliphatic rings. The van der Waals surface area contributed by atoms with Crippen LogP contribution in [0.25, 0.3) is 10.1 Å². The zero-order chi connectivity index (χ0) is 13.1. The fourth-order valence-electron chi connectivity index (χ4n) is 2.01. The average molecular weight is 292 g/mol. The summed E-state index contributed by atoms with van der Waals surface area (Å²) in [4.78, 5) is 1.20. The van der Waals surface area contributed by atoms with E-state index in [2.05, 4.69) is 22.5 Å². The molecule has 0 saturated heterocycles. The van der Waals surface area contributed by atoms with Crippen LogP contribution < -0.4 is 5.32 Å². The molecule has 0 spiro atoms. The topological polar surface area (TPSA) is 29.9 Å². The van der Waals surface area contributed by atoms with E-state index in [1.54, 1.807) is 17.5 Å². The van der Waals surface area contributed by atoms with E-state index >= 15 is 0 Å². The van der Waals surface area contributed by atoms with Crippen molar-refractivity contribution in [3.63, 3.8) is 0 Å². The monoisotopic (exact) mass is 291 g/mol. The van der Waals surface area contributed by atoms with Gasteiger partial charge in [-0.15, -0.1) is 11.3 Å². The first-order valence-corrected chi connectivity index (χ1v) is 7.38. The van der Waals surface area contributed by atoms with Crippen LogP contribution in [0.5, 0.6) is 0 Å². The Labute approximate surface area is 120 Å². The maximum atomic E-state index is 6.39. The van der Waals surface area contributed by atoms with Crippen LogP contribution in [0, 0.1) is 0 Å². The number of nitrogens with zero attached hydrogens (tertiary/aromatic N) is 2. The zero-order valence-corrected chi connectivity index (χ0v) is 11.9. The summed E-state index contributed by atoms with van der Waals surface area (Å²) < 4.78 is 3.16. The van der Waals surface area contributed by atoms with E-state index < -0.39 is 0 Å². The third-order valence-corrected chi connectivity index (χ3v) is 4.68. The van der Waals surface area contributed by atoms with Crippen molar-refractivity contribution in [2.45, 2.75) is 13.1 Å². The summed E-state index contributed by atoms with van der Waals surface area (Å²) in [6.07, 6.45) is 3.76. The number of halogens is 1. The second-order valence-electron chi connectivity index (χ2n) is 4.28. The SMILES string of the molecule is Clc1c(CNCCn2cccn2)sc2ccccc12. The van der Waals surface area contributed by atoms with Gasteiger partial charge in [-0.3, -0.25) is 4.68 Å². The van der Waals surface area contributed by atoms with Gasteiger partial charge < -0.3 is 5.32 Å². The lowest BCUT2D eigenvalue weighted by atomic mass is 10.2. The third-order valence-electron chi connectivity index (χ3n) is 2.96. The number of thiophene rings is 1. The number of aromatic nitrogens is 2. The first-order chi connectivity index (χ1) is 9.34. The molecule has 98 valence electrons. The predicted molar refractivity (Wildman–Crippen MR) is 80.8 cm³/mol. The maximum absolute atomic E-state index is 6.39. The zero-order valence-electron chi connectivity index (χ0n) is 10.3. The fraction of sp³-hybridized carbons (Fsp3) is 0.214. The standard InChI is InChI=1S/C14H14ClN3S/c15-14-11-4-1-2-5-12(11)19-13(14)10-16-7-9-18-8-3-6-17-18/h1-6,8,16H,7,9-10H2. The lowest BCUT2D eigenvalue weighted by Crippen LogP contribution is -2.19. The van der Waals surface area contributed by atoms with Gasteiger partial charge in [0.25, 0.3) is 0 Å². The minimum Gasteiger partial charge on any atom is -0.310 e. The highest BCUT2D eigenvalue weighted by Gasteiger charge is 2.08. The number of hydrogen-bond donors (Lipinski definition) is 1. The van der Waals surface area contributed by atoms with E-state index in [0.29, 0.717) is 0 Å². The normalized spacial score (nSPS) is 11.2. The smallest absolute Gasteiger partial charge is 0.0636 e. The molecule has 0 bridgehead atoms. The van der Waals surface area contributed by atoms with E-state index in [0.717, 1.165) is 30.0 Å². The molecule has 2 heterocycles. The number of rotatable bonds is 5. The van der Waals surface area contributed by atoms with Gasteiger partial charge in [-0.2, -0.15) is 5.10 Å². The Morgan fingerprint density at radius 2 is 2.16 bits per heavy atom. The molecule has 5 heteroatoms. The van der Waals surface area contributed by atoms with Crippen molar-refractivity contribution in [3.05, 3.63) is 52.6 Å².